The van der Waals surface area contributed by atoms with Gasteiger partial charge in [0.15, 0.2) is 0 Å². The number of carbonyl (C=O) groups is 1. The van der Waals surface area contributed by atoms with Gasteiger partial charge in [0.2, 0.25) is 0 Å². The Labute approximate surface area is 164 Å². The van der Waals surface area contributed by atoms with E-state index in [4.69, 9.17) is 30.0 Å². The van der Waals surface area contributed by atoms with Crippen LogP contribution in [0.2, 0.25) is 0 Å². The van der Waals surface area contributed by atoms with Crippen molar-refractivity contribution in [2.75, 3.05) is 25.4 Å². The fourth-order valence-electron chi connectivity index (χ4n) is 3.33. The molecule has 4 heterocycles. The van der Waals surface area contributed by atoms with E-state index < -0.39 is 44.0 Å². The van der Waals surface area contributed by atoms with E-state index in [0.29, 0.717) is 0 Å². The van der Waals surface area contributed by atoms with E-state index in [0.717, 1.165) is 0 Å². The molecule has 4 rings (SSSR count). The van der Waals surface area contributed by atoms with Crippen LogP contribution in [0.15, 0.2) is 11.1 Å². The second-order valence-corrected chi connectivity index (χ2v) is 9.04. The normalized spacial score (nSPS) is 29.3. The Bertz CT molecular complexity index is 984. The predicted octanol–water partition coefficient (Wildman–Crippen LogP) is -2.90. The van der Waals surface area contributed by atoms with Crippen molar-refractivity contribution in [1.82, 2.24) is 24.8 Å². The molecule has 2 aliphatic heterocycles. The van der Waals surface area contributed by atoms with Gasteiger partial charge in [-0.1, -0.05) is 0 Å². The van der Waals surface area contributed by atoms with Crippen molar-refractivity contribution < 1.29 is 28.2 Å². The van der Waals surface area contributed by atoms with E-state index in [1.165, 1.54) is 18.5 Å². The summed E-state index contributed by atoms with van der Waals surface area (Å²) in [6.45, 7) is 0.492. The summed E-state index contributed by atoms with van der Waals surface area (Å²) in [6.07, 6.45) is -2.76. The number of nitrogens with one attached hydrogen (secondary N) is 2. The van der Waals surface area contributed by atoms with Crippen LogP contribution in [0, 0.1) is 0 Å². The average molecular weight is 429 g/mol. The van der Waals surface area contributed by atoms with Gasteiger partial charge in [0.05, 0.1) is 0 Å². The molecule has 0 radical (unpaired) electrons. The third kappa shape index (κ3) is 3.80. The number of hydrogen-bond donors (Lipinski definition) is 5. The van der Waals surface area contributed by atoms with Crippen LogP contribution in [-0.2, 0) is 18.5 Å². The SMILES string of the molecule is B[PH]1(O)OC[C@H]2O[C@@H](n3cnc4c(=O)[nH]c(N)nc43)[C@@H](OC(=O)NCCN)[C@H]2O1. The molecule has 0 spiro atoms. The number of anilines is 1. The summed E-state index contributed by atoms with van der Waals surface area (Å²) in [7, 11) is -1.95. The molecular formula is C13H21BN7O7P. The number of rotatable bonds is 4. The number of aromatic nitrogens is 4. The fourth-order valence-corrected chi connectivity index (χ4v) is 4.66. The van der Waals surface area contributed by atoms with Gasteiger partial charge in [-0.25, -0.2) is 0 Å². The molecule has 4 atom stereocenters. The monoisotopic (exact) mass is 429 g/mol. The third-order valence-corrected chi connectivity index (χ3v) is 5.95. The summed E-state index contributed by atoms with van der Waals surface area (Å²) in [5, 5.41) is 2.50. The number of aromatic amines is 1. The molecule has 14 nitrogen and oxygen atoms in total. The van der Waals surface area contributed by atoms with E-state index in [-0.39, 0.29) is 36.8 Å². The molecule has 2 fully saturated rings. The number of nitrogens with zero attached hydrogens (tertiary/aromatic N) is 3. The van der Waals surface area contributed by atoms with Crippen LogP contribution in [0.4, 0.5) is 10.7 Å². The Morgan fingerprint density at radius 3 is 3.14 bits per heavy atom. The second-order valence-electron chi connectivity index (χ2n) is 6.72. The van der Waals surface area contributed by atoms with E-state index in [1.54, 1.807) is 0 Å². The van der Waals surface area contributed by atoms with Crippen LogP contribution in [0.5, 0.6) is 0 Å². The summed E-state index contributed by atoms with van der Waals surface area (Å²) in [5.41, 5.74) is 10.7. The van der Waals surface area contributed by atoms with Gasteiger partial charge < -0.3 is 0 Å². The summed E-state index contributed by atoms with van der Waals surface area (Å²) in [5.74, 6) is -0.104. The zero-order valence-electron chi connectivity index (χ0n) is 15.4. The minimum atomic E-state index is -3.41. The Morgan fingerprint density at radius 2 is 2.38 bits per heavy atom. The molecule has 2 aliphatic rings. The summed E-state index contributed by atoms with van der Waals surface area (Å²) < 4.78 is 24.0. The molecule has 0 saturated carbocycles. The third-order valence-electron chi connectivity index (χ3n) is 4.54. The van der Waals surface area contributed by atoms with Crippen molar-refractivity contribution in [1.29, 1.82) is 0 Å². The Hall–Kier alpha value is -2.29. The molecule has 16 heteroatoms. The van der Waals surface area contributed by atoms with E-state index in [2.05, 4.69) is 20.3 Å². The Kier molecular flexibility index (Phi) is 5.19. The van der Waals surface area contributed by atoms with Crippen molar-refractivity contribution in [3.63, 3.8) is 0 Å². The number of H-pyrrole nitrogens is 1. The number of ether oxygens (including phenoxy) is 2. The number of nitrogen functional groups attached to an aromatic ring is 1. The molecule has 0 aromatic carbocycles. The van der Waals surface area contributed by atoms with Crippen LogP contribution in [0.3, 0.4) is 0 Å². The quantitative estimate of drug-likeness (QED) is 0.247. The standard InChI is InChI=1S/C13H21BN7O7P/c14-29(24)25-3-5-7(28-29)8(27-13(23)17-2-1-15)11(26-5)21-4-18-6-9(21)19-12(16)20-10(6)22/h4-5,7-8,11,24,29H,1-3,14-15H2,(H,17,23)(H3,16,19,20,22)/t5-,7+,8+,11-/m1/s1. The van der Waals surface area contributed by atoms with Crippen molar-refractivity contribution in [3.8, 4) is 0 Å². The molecular weight excluding hydrogens is 408 g/mol. The van der Waals surface area contributed by atoms with Gasteiger partial charge in [0.25, 0.3) is 0 Å². The minimum absolute atomic E-state index is 0.0440. The zero-order valence-corrected chi connectivity index (χ0v) is 16.4. The number of fused-ring (bicyclic) bond motifs is 2. The molecule has 2 saturated heterocycles. The topological polar surface area (TPSA) is 202 Å². The summed E-state index contributed by atoms with van der Waals surface area (Å²) in [4.78, 5) is 45.0. The maximum atomic E-state index is 12.2. The Balaban J connectivity index is 1.71. The van der Waals surface area contributed by atoms with Gasteiger partial charge in [-0.3, -0.25) is 0 Å². The van der Waals surface area contributed by atoms with Crippen LogP contribution in [-0.4, -0.2) is 76.1 Å². The first-order valence-electron chi connectivity index (χ1n) is 8.85. The Morgan fingerprint density at radius 1 is 1.59 bits per heavy atom. The molecule has 0 aliphatic carbocycles. The first-order valence-corrected chi connectivity index (χ1v) is 11.1. The van der Waals surface area contributed by atoms with Crippen LogP contribution < -0.4 is 22.3 Å². The molecule has 0 unspecified atom stereocenters. The molecule has 29 heavy (non-hydrogen) atoms. The molecule has 0 bridgehead atoms. The van der Waals surface area contributed by atoms with Gasteiger partial charge in [-0.2, -0.15) is 0 Å². The van der Waals surface area contributed by atoms with Crippen LogP contribution in [0.25, 0.3) is 11.2 Å². The van der Waals surface area contributed by atoms with E-state index >= 15 is 0 Å². The number of hydrogen-bond acceptors (Lipinski definition) is 11. The number of nitrogens with two attached hydrogens (primary N) is 2. The van der Waals surface area contributed by atoms with Crippen LogP contribution >= 0.6 is 7.82 Å². The number of imidazole rings is 1. The average Bonchev–Trinajstić information content (AvgIpc) is 3.21. The number of amides is 1. The van der Waals surface area contributed by atoms with Crippen molar-refractivity contribution in [2.45, 2.75) is 24.5 Å². The molecule has 2 aromatic heterocycles. The van der Waals surface area contributed by atoms with Gasteiger partial charge in [0, 0.05) is 0 Å². The van der Waals surface area contributed by atoms with Crippen molar-refractivity contribution >= 4 is 38.6 Å². The van der Waals surface area contributed by atoms with Gasteiger partial charge in [0.1, 0.15) is 0 Å². The summed E-state index contributed by atoms with van der Waals surface area (Å²) >= 11 is 0. The summed E-state index contributed by atoms with van der Waals surface area (Å²) in [6, 6.07) is 0. The first kappa shape index (κ1) is 20.0. The fraction of sp³-hybridized carbons (Fsp3) is 0.538. The van der Waals surface area contributed by atoms with Gasteiger partial charge in [-0.15, -0.1) is 0 Å². The predicted molar refractivity (Wildman–Crippen MR) is 104 cm³/mol. The molecule has 1 amide bonds. The zero-order chi connectivity index (χ0) is 20.8. The van der Waals surface area contributed by atoms with E-state index in [1.807, 2.05) is 0 Å². The maximum absolute atomic E-state index is 12.2. The number of alkyl carbamates (subject to hydrolysis) is 1. The molecule has 7 N–H and O–H groups in total. The van der Waals surface area contributed by atoms with Crippen molar-refractivity contribution in [2.24, 2.45) is 5.73 Å². The second kappa shape index (κ2) is 7.52. The first-order chi connectivity index (χ1) is 13.8. The number of carbonyl (C=O) groups excluding carboxylic acids is 1. The van der Waals surface area contributed by atoms with Gasteiger partial charge in [-0.05, 0) is 0 Å². The molecule has 2 aromatic rings. The van der Waals surface area contributed by atoms with E-state index in [9.17, 15) is 14.5 Å². The van der Waals surface area contributed by atoms with Crippen LogP contribution in [0.1, 0.15) is 6.23 Å². The van der Waals surface area contributed by atoms with Crippen molar-refractivity contribution in [3.05, 3.63) is 16.7 Å². The molecule has 158 valence electrons. The van der Waals surface area contributed by atoms with Gasteiger partial charge >= 0.3 is 164 Å².